The molecule has 0 aliphatic heterocycles. The third-order valence-electron chi connectivity index (χ3n) is 1.48. The standard InChI is InChI=1S/C5H7N5/c1-4-2-5-3-7-8-10(5)9(4)6/h2-3H,6H2,1H3. The second kappa shape index (κ2) is 1.50. The van der Waals surface area contributed by atoms with E-state index in [-0.39, 0.29) is 0 Å². The predicted molar refractivity (Wildman–Crippen MR) is 35.9 cm³/mol. The van der Waals surface area contributed by atoms with Crippen LogP contribution in [0, 0.1) is 6.92 Å². The van der Waals surface area contributed by atoms with Crippen molar-refractivity contribution in [2.45, 2.75) is 6.92 Å². The first kappa shape index (κ1) is 5.28. The Morgan fingerprint density at radius 3 is 3.10 bits per heavy atom. The van der Waals surface area contributed by atoms with Gasteiger partial charge in [-0.15, -0.1) is 9.73 Å². The van der Waals surface area contributed by atoms with Crippen molar-refractivity contribution < 1.29 is 0 Å². The average Bonchev–Trinajstić information content (AvgIpc) is 2.41. The Morgan fingerprint density at radius 2 is 2.40 bits per heavy atom. The molecule has 2 aromatic rings. The van der Waals surface area contributed by atoms with E-state index in [4.69, 9.17) is 5.84 Å². The van der Waals surface area contributed by atoms with Crippen LogP contribution in [0.3, 0.4) is 0 Å². The summed E-state index contributed by atoms with van der Waals surface area (Å²) < 4.78 is 1.54. The lowest BCUT2D eigenvalue weighted by molar-refractivity contribution is 0.630. The highest BCUT2D eigenvalue weighted by molar-refractivity contribution is 5.43. The lowest BCUT2D eigenvalue weighted by Crippen LogP contribution is -2.17. The summed E-state index contributed by atoms with van der Waals surface area (Å²) >= 11 is 0. The molecule has 0 saturated carbocycles. The van der Waals surface area contributed by atoms with Crippen molar-refractivity contribution >= 4 is 5.52 Å². The molecule has 2 heterocycles. The van der Waals surface area contributed by atoms with Crippen molar-refractivity contribution in [3.8, 4) is 0 Å². The van der Waals surface area contributed by atoms with Crippen molar-refractivity contribution in [1.29, 1.82) is 0 Å². The fraction of sp³-hybridized carbons (Fsp3) is 0.200. The van der Waals surface area contributed by atoms with Crippen LogP contribution in [-0.4, -0.2) is 19.7 Å². The molecule has 0 atom stereocenters. The van der Waals surface area contributed by atoms with Gasteiger partial charge in [-0.1, -0.05) is 0 Å². The van der Waals surface area contributed by atoms with Crippen molar-refractivity contribution in [2.24, 2.45) is 0 Å². The minimum absolute atomic E-state index is 0.917. The largest absolute Gasteiger partial charge is 0.323 e. The number of nitrogens with zero attached hydrogens (tertiary/aromatic N) is 4. The van der Waals surface area contributed by atoms with Crippen molar-refractivity contribution in [3.63, 3.8) is 0 Å². The highest BCUT2D eigenvalue weighted by atomic mass is 15.7. The van der Waals surface area contributed by atoms with E-state index in [1.807, 2.05) is 13.0 Å². The van der Waals surface area contributed by atoms with Crippen LogP contribution in [0.25, 0.3) is 5.52 Å². The van der Waals surface area contributed by atoms with Gasteiger partial charge in [0.2, 0.25) is 0 Å². The molecule has 0 saturated heterocycles. The molecule has 0 amide bonds. The lowest BCUT2D eigenvalue weighted by Gasteiger charge is -1.93. The minimum atomic E-state index is 0.917. The second-order valence-corrected chi connectivity index (χ2v) is 2.18. The zero-order valence-electron chi connectivity index (χ0n) is 5.52. The van der Waals surface area contributed by atoms with E-state index in [1.165, 1.54) is 9.42 Å². The highest BCUT2D eigenvalue weighted by Gasteiger charge is 2.01. The van der Waals surface area contributed by atoms with Crippen LogP contribution in [0.2, 0.25) is 0 Å². The molecule has 0 aromatic carbocycles. The Hall–Kier alpha value is -1.52. The van der Waals surface area contributed by atoms with Gasteiger partial charge in [-0.25, -0.2) is 0 Å². The molecule has 0 unspecified atom stereocenters. The quantitative estimate of drug-likeness (QED) is 0.500. The van der Waals surface area contributed by atoms with Gasteiger partial charge in [0.15, 0.2) is 0 Å². The molecule has 0 aliphatic carbocycles. The third kappa shape index (κ3) is 0.464. The average molecular weight is 137 g/mol. The number of aryl methyl sites for hydroxylation is 1. The van der Waals surface area contributed by atoms with Gasteiger partial charge in [-0.2, -0.15) is 4.79 Å². The van der Waals surface area contributed by atoms with Crippen molar-refractivity contribution in [2.75, 3.05) is 5.84 Å². The molecule has 5 heteroatoms. The maximum absolute atomic E-state index is 5.56. The number of fused-ring (bicyclic) bond motifs is 1. The maximum Gasteiger partial charge on any atom is 0.109 e. The van der Waals surface area contributed by atoms with Gasteiger partial charge >= 0.3 is 0 Å². The first-order chi connectivity index (χ1) is 4.79. The Bertz CT molecular complexity index is 357. The van der Waals surface area contributed by atoms with E-state index in [0.717, 1.165) is 11.2 Å². The summed E-state index contributed by atoms with van der Waals surface area (Å²) in [6.45, 7) is 1.91. The van der Waals surface area contributed by atoms with E-state index in [1.54, 1.807) is 6.20 Å². The Morgan fingerprint density at radius 1 is 1.60 bits per heavy atom. The minimum Gasteiger partial charge on any atom is -0.323 e. The van der Waals surface area contributed by atoms with Crippen LogP contribution in [-0.2, 0) is 0 Å². The molecule has 0 radical (unpaired) electrons. The second-order valence-electron chi connectivity index (χ2n) is 2.18. The van der Waals surface area contributed by atoms with Gasteiger partial charge in [0.05, 0.1) is 11.9 Å². The van der Waals surface area contributed by atoms with Crippen LogP contribution < -0.4 is 5.84 Å². The molecule has 0 fully saturated rings. The fourth-order valence-corrected chi connectivity index (χ4v) is 0.929. The van der Waals surface area contributed by atoms with Gasteiger partial charge in [-0.05, 0) is 18.2 Å². The number of hydrogen-bond acceptors (Lipinski definition) is 3. The van der Waals surface area contributed by atoms with Crippen LogP contribution in [0.15, 0.2) is 12.3 Å². The highest BCUT2D eigenvalue weighted by Crippen LogP contribution is 2.02. The molecule has 0 bridgehead atoms. The summed E-state index contributed by atoms with van der Waals surface area (Å²) in [5.41, 5.74) is 1.88. The van der Waals surface area contributed by atoms with E-state index >= 15 is 0 Å². The smallest absolute Gasteiger partial charge is 0.109 e. The molecule has 2 rings (SSSR count). The number of aromatic nitrogens is 4. The number of nitrogens with two attached hydrogens (primary N) is 1. The van der Waals surface area contributed by atoms with Gasteiger partial charge in [0.25, 0.3) is 0 Å². The monoisotopic (exact) mass is 137 g/mol. The van der Waals surface area contributed by atoms with Gasteiger partial charge in [0.1, 0.15) is 5.52 Å². The fourth-order valence-electron chi connectivity index (χ4n) is 0.929. The van der Waals surface area contributed by atoms with E-state index in [9.17, 15) is 0 Å². The Kier molecular flexibility index (Phi) is 0.791. The Labute approximate surface area is 57.0 Å². The lowest BCUT2D eigenvalue weighted by atomic mass is 10.4. The molecule has 2 N–H and O–H groups in total. The topological polar surface area (TPSA) is 61.1 Å². The summed E-state index contributed by atoms with van der Waals surface area (Å²) in [5.74, 6) is 5.56. The summed E-state index contributed by atoms with van der Waals surface area (Å²) in [5, 5.41) is 7.42. The normalized spacial score (nSPS) is 10.9. The van der Waals surface area contributed by atoms with Crippen molar-refractivity contribution in [3.05, 3.63) is 18.0 Å². The van der Waals surface area contributed by atoms with Crippen LogP contribution >= 0.6 is 0 Å². The molecule has 0 spiro atoms. The van der Waals surface area contributed by atoms with Crippen LogP contribution in [0.4, 0.5) is 0 Å². The van der Waals surface area contributed by atoms with Crippen LogP contribution in [0.5, 0.6) is 0 Å². The van der Waals surface area contributed by atoms with E-state index in [2.05, 4.69) is 10.3 Å². The molecular formula is C5H7N5. The number of nitrogen functional groups attached to an aromatic ring is 1. The zero-order chi connectivity index (χ0) is 7.14. The first-order valence-corrected chi connectivity index (χ1v) is 2.93. The van der Waals surface area contributed by atoms with Crippen molar-refractivity contribution in [1.82, 2.24) is 19.7 Å². The molecule has 0 aliphatic rings. The molecule has 10 heavy (non-hydrogen) atoms. The number of rotatable bonds is 0. The SMILES string of the molecule is Cc1cc2cnnn2n1N. The zero-order valence-corrected chi connectivity index (χ0v) is 5.52. The predicted octanol–water partition coefficient (Wildman–Crippen LogP) is -0.447. The maximum atomic E-state index is 5.56. The van der Waals surface area contributed by atoms with Gasteiger partial charge < -0.3 is 5.84 Å². The van der Waals surface area contributed by atoms with Gasteiger partial charge in [-0.3, -0.25) is 0 Å². The third-order valence-corrected chi connectivity index (χ3v) is 1.48. The molecule has 2 aromatic heterocycles. The number of hydrogen-bond donors (Lipinski definition) is 1. The summed E-state index contributed by atoms with van der Waals surface area (Å²) in [6.07, 6.45) is 1.66. The first-order valence-electron chi connectivity index (χ1n) is 2.93. The van der Waals surface area contributed by atoms with Crippen LogP contribution in [0.1, 0.15) is 5.69 Å². The van der Waals surface area contributed by atoms with E-state index < -0.39 is 0 Å². The Balaban J connectivity index is 2.95. The summed E-state index contributed by atoms with van der Waals surface area (Å²) in [7, 11) is 0. The summed E-state index contributed by atoms with van der Waals surface area (Å²) in [4.78, 5) is 1.45. The summed E-state index contributed by atoms with van der Waals surface area (Å²) in [6, 6.07) is 1.92. The van der Waals surface area contributed by atoms with E-state index in [0.29, 0.717) is 0 Å². The molecule has 5 nitrogen and oxygen atoms in total. The molecular weight excluding hydrogens is 130 g/mol. The van der Waals surface area contributed by atoms with Gasteiger partial charge in [0, 0.05) is 0 Å². The molecule has 52 valence electrons.